The van der Waals surface area contributed by atoms with Crippen molar-refractivity contribution in [2.24, 2.45) is 7.05 Å². The Morgan fingerprint density at radius 3 is 2.65 bits per heavy atom. The Morgan fingerprint density at radius 2 is 1.74 bits per heavy atom. The molecule has 0 aliphatic heterocycles. The van der Waals surface area contributed by atoms with E-state index in [0.717, 1.165) is 38.7 Å². The molecule has 5 rings (SSSR count). The predicted octanol–water partition coefficient (Wildman–Crippen LogP) is 4.99. The number of aromatic nitrogens is 3. The number of anilines is 2. The first-order valence-corrected chi connectivity index (χ1v) is 10.1. The molecule has 0 spiro atoms. The van der Waals surface area contributed by atoms with Crippen molar-refractivity contribution in [3.63, 3.8) is 0 Å². The maximum absolute atomic E-state index is 12.9. The first kappa shape index (κ1) is 18.8. The van der Waals surface area contributed by atoms with Gasteiger partial charge in [0.2, 0.25) is 0 Å². The van der Waals surface area contributed by atoms with Gasteiger partial charge >= 0.3 is 0 Å². The number of pyridine rings is 1. The smallest absolute Gasteiger partial charge is 0.276 e. The lowest BCUT2D eigenvalue weighted by Crippen LogP contribution is -2.13. The zero-order chi connectivity index (χ0) is 21.2. The van der Waals surface area contributed by atoms with E-state index in [1.54, 1.807) is 10.9 Å². The van der Waals surface area contributed by atoms with Crippen LogP contribution in [-0.2, 0) is 13.6 Å². The third kappa shape index (κ3) is 3.71. The summed E-state index contributed by atoms with van der Waals surface area (Å²) < 4.78 is 1.72. The van der Waals surface area contributed by atoms with E-state index in [9.17, 15) is 4.79 Å². The zero-order valence-corrected chi connectivity index (χ0v) is 17.0. The van der Waals surface area contributed by atoms with E-state index in [1.165, 1.54) is 0 Å². The van der Waals surface area contributed by atoms with Crippen LogP contribution in [0.15, 0.2) is 85.1 Å². The van der Waals surface area contributed by atoms with Crippen molar-refractivity contribution in [1.82, 2.24) is 14.8 Å². The average Bonchev–Trinajstić information content (AvgIpc) is 3.15. The Balaban J connectivity index is 1.33. The molecular weight excluding hydrogens is 386 g/mol. The quantitative estimate of drug-likeness (QED) is 0.431. The number of benzene rings is 3. The summed E-state index contributed by atoms with van der Waals surface area (Å²) >= 11 is 0. The van der Waals surface area contributed by atoms with Gasteiger partial charge in [0.1, 0.15) is 5.82 Å². The fraction of sp³-hybridized carbons (Fsp3) is 0.0800. The number of hydrogen-bond donors (Lipinski definition) is 2. The normalized spacial score (nSPS) is 11.0. The van der Waals surface area contributed by atoms with Crippen molar-refractivity contribution in [2.75, 3.05) is 10.6 Å². The highest BCUT2D eigenvalue weighted by molar-refractivity contribution is 6.11. The Kier molecular flexibility index (Phi) is 4.80. The maximum Gasteiger partial charge on any atom is 0.276 e. The number of hydrogen-bond acceptors (Lipinski definition) is 4. The van der Waals surface area contributed by atoms with Gasteiger partial charge in [-0.1, -0.05) is 54.6 Å². The average molecular weight is 407 g/mol. The molecule has 0 aliphatic rings. The van der Waals surface area contributed by atoms with Crippen LogP contribution in [-0.4, -0.2) is 20.7 Å². The molecule has 2 aromatic heterocycles. The van der Waals surface area contributed by atoms with E-state index >= 15 is 0 Å². The maximum atomic E-state index is 12.9. The van der Waals surface area contributed by atoms with Crippen LogP contribution in [0.3, 0.4) is 0 Å². The van der Waals surface area contributed by atoms with E-state index in [4.69, 9.17) is 0 Å². The highest BCUT2D eigenvalue weighted by Gasteiger charge is 2.16. The molecule has 152 valence electrons. The third-order valence-corrected chi connectivity index (χ3v) is 5.29. The number of fused-ring (bicyclic) bond motifs is 2. The summed E-state index contributed by atoms with van der Waals surface area (Å²) in [5, 5.41) is 13.8. The van der Waals surface area contributed by atoms with Crippen LogP contribution >= 0.6 is 0 Å². The van der Waals surface area contributed by atoms with Crippen molar-refractivity contribution in [3.8, 4) is 0 Å². The van der Waals surface area contributed by atoms with Gasteiger partial charge in [0, 0.05) is 36.2 Å². The van der Waals surface area contributed by atoms with Gasteiger partial charge in [0.15, 0.2) is 5.69 Å². The summed E-state index contributed by atoms with van der Waals surface area (Å²) in [5.41, 5.74) is 3.11. The van der Waals surface area contributed by atoms with Gasteiger partial charge in [-0.25, -0.2) is 4.98 Å². The van der Waals surface area contributed by atoms with Gasteiger partial charge < -0.3 is 10.6 Å². The Bertz CT molecular complexity index is 1400. The number of aryl methyl sites for hydroxylation is 1. The van der Waals surface area contributed by atoms with Crippen LogP contribution in [0.2, 0.25) is 0 Å². The number of carbonyl (C=O) groups is 1. The Morgan fingerprint density at radius 1 is 0.935 bits per heavy atom. The van der Waals surface area contributed by atoms with Crippen molar-refractivity contribution < 1.29 is 4.79 Å². The van der Waals surface area contributed by atoms with Gasteiger partial charge in [-0.2, -0.15) is 5.10 Å². The summed E-state index contributed by atoms with van der Waals surface area (Å²) in [6, 6.07) is 25.6. The number of nitrogens with one attached hydrogen (secondary N) is 2. The standard InChI is InChI=1S/C25H21N5O/c1-30-22-12-5-4-11-21(22)23(29-30)25(31)28-19-9-6-7-17(15-19)16-27-24-20-10-3-2-8-18(20)13-14-26-24/h2-15H,16H2,1H3,(H,26,27)(H,28,31). The van der Waals surface area contributed by atoms with Crippen LogP contribution in [0.5, 0.6) is 0 Å². The van der Waals surface area contributed by atoms with Crippen LogP contribution in [0, 0.1) is 0 Å². The minimum absolute atomic E-state index is 0.224. The molecule has 1 amide bonds. The van der Waals surface area contributed by atoms with Crippen LogP contribution in [0.1, 0.15) is 16.1 Å². The predicted molar refractivity (Wildman–Crippen MR) is 124 cm³/mol. The van der Waals surface area contributed by atoms with E-state index in [-0.39, 0.29) is 5.91 Å². The molecule has 0 saturated heterocycles. The van der Waals surface area contributed by atoms with E-state index in [2.05, 4.69) is 32.8 Å². The molecule has 2 N–H and O–H groups in total. The highest BCUT2D eigenvalue weighted by atomic mass is 16.2. The molecule has 6 nitrogen and oxygen atoms in total. The second-order valence-electron chi connectivity index (χ2n) is 7.38. The topological polar surface area (TPSA) is 71.8 Å². The molecule has 0 bridgehead atoms. The van der Waals surface area contributed by atoms with Gasteiger partial charge in [-0.3, -0.25) is 9.48 Å². The number of nitrogens with zero attached hydrogens (tertiary/aromatic N) is 3. The van der Waals surface area contributed by atoms with E-state index in [1.807, 2.05) is 73.8 Å². The van der Waals surface area contributed by atoms with Crippen molar-refractivity contribution in [1.29, 1.82) is 0 Å². The Labute approximate surface area is 179 Å². The number of para-hydroxylation sites is 1. The summed E-state index contributed by atoms with van der Waals surface area (Å²) in [4.78, 5) is 17.3. The fourth-order valence-electron chi connectivity index (χ4n) is 3.78. The van der Waals surface area contributed by atoms with Crippen LogP contribution in [0.4, 0.5) is 11.5 Å². The first-order chi connectivity index (χ1) is 15.2. The van der Waals surface area contributed by atoms with Crippen molar-refractivity contribution >= 4 is 39.1 Å². The fourth-order valence-corrected chi connectivity index (χ4v) is 3.78. The monoisotopic (exact) mass is 407 g/mol. The summed E-state index contributed by atoms with van der Waals surface area (Å²) in [6.45, 7) is 0.594. The van der Waals surface area contributed by atoms with Gasteiger partial charge in [0.25, 0.3) is 5.91 Å². The van der Waals surface area contributed by atoms with Crippen LogP contribution < -0.4 is 10.6 Å². The summed E-state index contributed by atoms with van der Waals surface area (Å²) in [6.07, 6.45) is 1.80. The molecule has 0 fully saturated rings. The molecule has 5 aromatic rings. The largest absolute Gasteiger partial charge is 0.365 e. The molecule has 0 atom stereocenters. The molecule has 0 unspecified atom stereocenters. The van der Waals surface area contributed by atoms with Crippen LogP contribution in [0.25, 0.3) is 21.7 Å². The SMILES string of the molecule is Cn1nc(C(=O)Nc2cccc(CNc3nccc4ccccc34)c2)c2ccccc21. The van der Waals surface area contributed by atoms with E-state index in [0.29, 0.717) is 12.2 Å². The molecular formula is C25H21N5O. The molecule has 0 radical (unpaired) electrons. The highest BCUT2D eigenvalue weighted by Crippen LogP contribution is 2.22. The minimum Gasteiger partial charge on any atom is -0.365 e. The second kappa shape index (κ2) is 7.91. The number of amides is 1. The van der Waals surface area contributed by atoms with Crippen molar-refractivity contribution in [3.05, 3.63) is 96.3 Å². The molecule has 0 saturated carbocycles. The number of carbonyl (C=O) groups excluding carboxylic acids is 1. The molecule has 6 heteroatoms. The molecule has 31 heavy (non-hydrogen) atoms. The lowest BCUT2D eigenvalue weighted by molar-refractivity contribution is 0.102. The zero-order valence-electron chi connectivity index (χ0n) is 17.0. The van der Waals surface area contributed by atoms with Gasteiger partial charge in [-0.15, -0.1) is 0 Å². The summed E-state index contributed by atoms with van der Waals surface area (Å²) in [7, 11) is 1.84. The Hall–Kier alpha value is -4.19. The molecule has 0 aliphatic carbocycles. The van der Waals surface area contributed by atoms with E-state index < -0.39 is 0 Å². The number of rotatable bonds is 5. The van der Waals surface area contributed by atoms with Gasteiger partial charge in [0.05, 0.1) is 5.52 Å². The molecule has 3 aromatic carbocycles. The third-order valence-electron chi connectivity index (χ3n) is 5.29. The second-order valence-corrected chi connectivity index (χ2v) is 7.38. The first-order valence-electron chi connectivity index (χ1n) is 10.1. The molecule has 2 heterocycles. The lowest BCUT2D eigenvalue weighted by Gasteiger charge is -2.10. The van der Waals surface area contributed by atoms with Gasteiger partial charge in [-0.05, 0) is 35.2 Å². The summed E-state index contributed by atoms with van der Waals surface area (Å²) in [5.74, 6) is 0.616. The minimum atomic E-state index is -0.224. The van der Waals surface area contributed by atoms with Crippen molar-refractivity contribution in [2.45, 2.75) is 6.54 Å². The lowest BCUT2D eigenvalue weighted by atomic mass is 10.1.